The third-order valence-electron chi connectivity index (χ3n) is 2.99. The van der Waals surface area contributed by atoms with Gasteiger partial charge in [0, 0.05) is 0 Å². The summed E-state index contributed by atoms with van der Waals surface area (Å²) in [4.78, 5) is 49.6. The van der Waals surface area contributed by atoms with Gasteiger partial charge in [0.2, 0.25) is 0 Å². The van der Waals surface area contributed by atoms with E-state index in [0.29, 0.717) is 11.2 Å². The van der Waals surface area contributed by atoms with Crippen molar-refractivity contribution in [2.75, 3.05) is 0 Å². The normalized spacial score (nSPS) is 13.6. The van der Waals surface area contributed by atoms with E-state index >= 15 is 0 Å². The number of amides is 2. The van der Waals surface area contributed by atoms with Crippen LogP contribution in [0.15, 0.2) is 12.2 Å². The van der Waals surface area contributed by atoms with Crippen molar-refractivity contribution in [1.29, 1.82) is 0 Å². The first-order valence-corrected chi connectivity index (χ1v) is 9.55. The average molecular weight is 414 g/mol. The molecule has 0 N–H and O–H groups in total. The van der Waals surface area contributed by atoms with Crippen molar-refractivity contribution in [3.05, 3.63) is 12.2 Å². The van der Waals surface area contributed by atoms with E-state index in [2.05, 4.69) is 0 Å². The van der Waals surface area contributed by atoms with Crippen LogP contribution < -0.4 is 0 Å². The predicted molar refractivity (Wildman–Crippen MR) is 108 cm³/mol. The molecule has 1 atom stereocenters. The van der Waals surface area contributed by atoms with E-state index in [4.69, 9.17) is 14.2 Å². The van der Waals surface area contributed by atoms with Crippen LogP contribution in [-0.2, 0) is 23.8 Å². The number of carbonyl (C=O) groups is 4. The molecular weight excluding hydrogens is 378 g/mol. The molecule has 0 aromatic heterocycles. The summed E-state index contributed by atoms with van der Waals surface area (Å²) in [5.74, 6) is -0.770. The first-order valence-electron chi connectivity index (χ1n) is 9.55. The van der Waals surface area contributed by atoms with Gasteiger partial charge < -0.3 is 14.2 Å². The lowest BCUT2D eigenvalue weighted by atomic mass is 10.1. The molecule has 0 rings (SSSR count). The molecule has 0 aromatic rings. The fraction of sp³-hybridized carbons (Fsp3) is 0.714. The smallest absolute Gasteiger partial charge is 0.420 e. The summed E-state index contributed by atoms with van der Waals surface area (Å²) in [5.41, 5.74) is -2.62. The van der Waals surface area contributed by atoms with Crippen LogP contribution in [0.4, 0.5) is 9.59 Å². The van der Waals surface area contributed by atoms with Crippen molar-refractivity contribution in [2.45, 2.75) is 98.0 Å². The Bertz CT molecular complexity index is 590. The van der Waals surface area contributed by atoms with Crippen LogP contribution in [0.25, 0.3) is 0 Å². The minimum Gasteiger partial charge on any atom is -0.458 e. The fourth-order valence-electron chi connectivity index (χ4n) is 2.08. The second kappa shape index (κ2) is 10.4. The maximum atomic E-state index is 12.8. The molecule has 8 heteroatoms. The van der Waals surface area contributed by atoms with E-state index in [-0.39, 0.29) is 12.8 Å². The van der Waals surface area contributed by atoms with Crippen molar-refractivity contribution in [2.24, 2.45) is 0 Å². The molecule has 166 valence electrons. The van der Waals surface area contributed by atoms with Gasteiger partial charge in [0.25, 0.3) is 0 Å². The molecular formula is C21H35NO7. The van der Waals surface area contributed by atoms with Crippen molar-refractivity contribution >= 4 is 24.4 Å². The van der Waals surface area contributed by atoms with Crippen molar-refractivity contribution in [1.82, 2.24) is 4.90 Å². The molecule has 0 bridgehead atoms. The number of esters is 1. The maximum Gasteiger partial charge on any atom is 0.420 e. The zero-order valence-electron chi connectivity index (χ0n) is 19.0. The molecule has 0 heterocycles. The molecule has 8 nitrogen and oxygen atoms in total. The van der Waals surface area contributed by atoms with Crippen LogP contribution in [0.1, 0.15) is 75.2 Å². The molecule has 0 unspecified atom stereocenters. The quantitative estimate of drug-likeness (QED) is 0.275. The van der Waals surface area contributed by atoms with Crippen LogP contribution in [0.5, 0.6) is 0 Å². The first kappa shape index (κ1) is 26.6. The van der Waals surface area contributed by atoms with Crippen LogP contribution in [0.2, 0.25) is 0 Å². The number of carbonyl (C=O) groups excluding carboxylic acids is 4. The molecule has 0 fully saturated rings. The fourth-order valence-corrected chi connectivity index (χ4v) is 2.08. The Morgan fingerprint density at radius 2 is 1.21 bits per heavy atom. The van der Waals surface area contributed by atoms with Gasteiger partial charge in [0.1, 0.15) is 29.1 Å². The lowest BCUT2D eigenvalue weighted by Crippen LogP contribution is -2.53. The summed E-state index contributed by atoms with van der Waals surface area (Å²) < 4.78 is 16.1. The van der Waals surface area contributed by atoms with Gasteiger partial charge >= 0.3 is 18.2 Å². The molecule has 0 spiro atoms. The Morgan fingerprint density at radius 3 is 1.55 bits per heavy atom. The van der Waals surface area contributed by atoms with E-state index in [1.165, 1.54) is 12.2 Å². The van der Waals surface area contributed by atoms with Gasteiger partial charge in [-0.3, -0.25) is 4.79 Å². The Balaban J connectivity index is 6.02. The van der Waals surface area contributed by atoms with Gasteiger partial charge in [-0.2, -0.15) is 4.90 Å². The highest BCUT2D eigenvalue weighted by molar-refractivity contribution is 5.94. The third-order valence-corrected chi connectivity index (χ3v) is 2.99. The lowest BCUT2D eigenvalue weighted by molar-refractivity contribution is -0.161. The number of imide groups is 1. The van der Waals surface area contributed by atoms with Gasteiger partial charge in [0.05, 0.1) is 0 Å². The highest BCUT2D eigenvalue weighted by Crippen LogP contribution is 2.21. The average Bonchev–Trinajstić information content (AvgIpc) is 2.44. The highest BCUT2D eigenvalue weighted by atomic mass is 16.6. The van der Waals surface area contributed by atoms with Crippen molar-refractivity contribution in [3.8, 4) is 0 Å². The molecule has 0 saturated carbocycles. The monoisotopic (exact) mass is 413 g/mol. The molecule has 0 aliphatic rings. The first-order chi connectivity index (χ1) is 13.0. The standard InChI is InChI=1S/C21H35NO7/c1-19(2,3)27-16(24)15(13-11-10-12-14-23)22(17(25)28-20(4,5)6)18(26)29-21(7,8)9/h10,12,14-15H,11,13H2,1-9H3/b12-10+/t15-/m0/s1. The molecule has 0 aliphatic carbocycles. The predicted octanol–water partition coefficient (Wildman–Crippen LogP) is 4.40. The summed E-state index contributed by atoms with van der Waals surface area (Å²) in [7, 11) is 0. The van der Waals surface area contributed by atoms with Gasteiger partial charge in [-0.05, 0) is 81.2 Å². The summed E-state index contributed by atoms with van der Waals surface area (Å²) in [6, 6.07) is -1.28. The molecule has 0 saturated heterocycles. The third kappa shape index (κ3) is 11.9. The zero-order valence-corrected chi connectivity index (χ0v) is 19.0. The minimum absolute atomic E-state index is 0.0394. The largest absolute Gasteiger partial charge is 0.458 e. The SMILES string of the molecule is CC(C)(C)OC(=O)[C@H](CC/C=C/C=O)N(C(=O)OC(C)(C)C)C(=O)OC(C)(C)C. The van der Waals surface area contributed by atoms with Crippen LogP contribution in [0.3, 0.4) is 0 Å². The van der Waals surface area contributed by atoms with Gasteiger partial charge in [-0.1, -0.05) is 6.08 Å². The summed E-state index contributed by atoms with van der Waals surface area (Å²) in [6.07, 6.45) is 1.68. The highest BCUT2D eigenvalue weighted by Gasteiger charge is 2.41. The number of rotatable bonds is 6. The molecule has 0 radical (unpaired) electrons. The Hall–Kier alpha value is -2.38. The number of nitrogens with zero attached hydrogens (tertiary/aromatic N) is 1. The molecule has 0 aliphatic heterocycles. The van der Waals surface area contributed by atoms with Crippen LogP contribution in [0, 0.1) is 0 Å². The number of hydrogen-bond donors (Lipinski definition) is 0. The van der Waals surface area contributed by atoms with E-state index in [9.17, 15) is 19.2 Å². The maximum absolute atomic E-state index is 12.8. The second-order valence-electron chi connectivity index (χ2n) is 9.52. The minimum atomic E-state index is -1.28. The topological polar surface area (TPSA) is 99.2 Å². The Labute approximate surface area is 173 Å². The number of ether oxygens (including phenoxy) is 3. The van der Waals surface area contributed by atoms with Crippen LogP contribution >= 0.6 is 0 Å². The van der Waals surface area contributed by atoms with E-state index in [0.717, 1.165) is 0 Å². The van der Waals surface area contributed by atoms with Crippen molar-refractivity contribution < 1.29 is 33.4 Å². The molecule has 2 amide bonds. The molecule has 0 aromatic carbocycles. The second-order valence-corrected chi connectivity index (χ2v) is 9.52. The van der Waals surface area contributed by atoms with Gasteiger partial charge in [-0.25, -0.2) is 14.4 Å². The number of hydrogen-bond acceptors (Lipinski definition) is 7. The zero-order chi connectivity index (χ0) is 23.0. The van der Waals surface area contributed by atoms with Gasteiger partial charge in [0.15, 0.2) is 0 Å². The summed E-state index contributed by atoms with van der Waals surface area (Å²) in [5, 5.41) is 0. The number of allylic oxidation sites excluding steroid dienone is 2. The number of aldehydes is 1. The Kier molecular flexibility index (Phi) is 9.56. The Morgan fingerprint density at radius 1 is 0.793 bits per heavy atom. The van der Waals surface area contributed by atoms with E-state index in [1.54, 1.807) is 62.3 Å². The molecule has 29 heavy (non-hydrogen) atoms. The van der Waals surface area contributed by atoms with Gasteiger partial charge in [-0.15, -0.1) is 0 Å². The lowest BCUT2D eigenvalue weighted by Gasteiger charge is -2.33. The summed E-state index contributed by atoms with van der Waals surface area (Å²) >= 11 is 0. The van der Waals surface area contributed by atoms with Crippen LogP contribution in [-0.4, -0.2) is 52.2 Å². The summed E-state index contributed by atoms with van der Waals surface area (Å²) in [6.45, 7) is 14.9. The van der Waals surface area contributed by atoms with E-state index in [1.807, 2.05) is 0 Å². The van der Waals surface area contributed by atoms with Crippen molar-refractivity contribution in [3.63, 3.8) is 0 Å². The van der Waals surface area contributed by atoms with E-state index < -0.39 is 41.0 Å².